The minimum atomic E-state index is -4.74. The molecule has 23 heavy (non-hydrogen) atoms. The number of anilines is 1. The molecule has 0 saturated heterocycles. The number of aromatic nitrogens is 1. The van der Waals surface area contributed by atoms with Gasteiger partial charge in [-0.3, -0.25) is 15.1 Å². The van der Waals surface area contributed by atoms with Crippen molar-refractivity contribution in [1.82, 2.24) is 4.98 Å². The molecule has 0 unspecified atom stereocenters. The van der Waals surface area contributed by atoms with Gasteiger partial charge >= 0.3 is 6.18 Å². The van der Waals surface area contributed by atoms with E-state index in [1.165, 1.54) is 12.3 Å². The van der Waals surface area contributed by atoms with E-state index in [2.05, 4.69) is 4.98 Å². The summed E-state index contributed by atoms with van der Waals surface area (Å²) in [6, 6.07) is 2.67. The smallest absolute Gasteiger partial charge is 0.397 e. The number of aryl methyl sites for hydroxylation is 1. The van der Waals surface area contributed by atoms with Crippen molar-refractivity contribution in [3.8, 4) is 11.1 Å². The molecule has 2 N–H and O–H groups in total. The van der Waals surface area contributed by atoms with Gasteiger partial charge in [-0.15, -0.1) is 0 Å². The SMILES string of the molecule is CCc1nccc(-c2cc(C(F)(F)F)c(Cl)cc2[N+](=O)[O-])c1N. The summed E-state index contributed by atoms with van der Waals surface area (Å²) < 4.78 is 39.1. The number of rotatable bonds is 3. The molecule has 0 spiro atoms. The van der Waals surface area contributed by atoms with E-state index < -0.39 is 27.4 Å². The third-order valence-electron chi connectivity index (χ3n) is 3.29. The molecule has 2 rings (SSSR count). The monoisotopic (exact) mass is 345 g/mol. The van der Waals surface area contributed by atoms with Gasteiger partial charge in [-0.05, 0) is 18.6 Å². The van der Waals surface area contributed by atoms with Gasteiger partial charge in [-0.2, -0.15) is 13.2 Å². The molecular weight excluding hydrogens is 335 g/mol. The fourth-order valence-corrected chi connectivity index (χ4v) is 2.44. The van der Waals surface area contributed by atoms with Gasteiger partial charge in [0.2, 0.25) is 0 Å². The number of nitrogen functional groups attached to an aromatic ring is 1. The molecule has 0 fully saturated rings. The predicted octanol–water partition coefficient (Wildman–Crippen LogP) is 4.47. The van der Waals surface area contributed by atoms with E-state index in [0.29, 0.717) is 24.2 Å². The largest absolute Gasteiger partial charge is 0.417 e. The van der Waals surface area contributed by atoms with Crippen LogP contribution in [0.1, 0.15) is 18.2 Å². The summed E-state index contributed by atoms with van der Waals surface area (Å²) in [5.74, 6) is 0. The average Bonchev–Trinajstić information content (AvgIpc) is 2.46. The van der Waals surface area contributed by atoms with Crippen molar-refractivity contribution < 1.29 is 18.1 Å². The van der Waals surface area contributed by atoms with Crippen molar-refractivity contribution in [3.05, 3.63) is 50.8 Å². The highest BCUT2D eigenvalue weighted by molar-refractivity contribution is 6.31. The molecule has 0 bridgehead atoms. The van der Waals surface area contributed by atoms with E-state index in [9.17, 15) is 23.3 Å². The topological polar surface area (TPSA) is 82.0 Å². The zero-order valence-electron chi connectivity index (χ0n) is 11.8. The second-order valence-electron chi connectivity index (χ2n) is 4.68. The van der Waals surface area contributed by atoms with Crippen LogP contribution in [-0.4, -0.2) is 9.91 Å². The lowest BCUT2D eigenvalue weighted by molar-refractivity contribution is -0.384. The first-order chi connectivity index (χ1) is 10.7. The van der Waals surface area contributed by atoms with Crippen molar-refractivity contribution in [3.63, 3.8) is 0 Å². The third-order valence-corrected chi connectivity index (χ3v) is 3.60. The minimum absolute atomic E-state index is 0.105. The molecule has 122 valence electrons. The van der Waals surface area contributed by atoms with Gasteiger partial charge in [0.05, 0.1) is 32.5 Å². The van der Waals surface area contributed by atoms with Crippen LogP contribution in [0, 0.1) is 10.1 Å². The number of nitrogens with two attached hydrogens (primary N) is 1. The summed E-state index contributed by atoms with van der Waals surface area (Å²) in [5, 5.41) is 10.4. The number of hydrogen-bond acceptors (Lipinski definition) is 4. The Bertz CT molecular complexity index is 779. The molecule has 1 aromatic carbocycles. The Hall–Kier alpha value is -2.35. The van der Waals surface area contributed by atoms with E-state index in [-0.39, 0.29) is 16.8 Å². The molecule has 0 radical (unpaired) electrons. The van der Waals surface area contributed by atoms with Gasteiger partial charge in [0.25, 0.3) is 5.69 Å². The number of pyridine rings is 1. The maximum absolute atomic E-state index is 13.0. The van der Waals surface area contributed by atoms with E-state index >= 15 is 0 Å². The highest BCUT2D eigenvalue weighted by Gasteiger charge is 2.36. The zero-order chi connectivity index (χ0) is 17.4. The number of benzene rings is 1. The van der Waals surface area contributed by atoms with E-state index in [1.54, 1.807) is 6.92 Å². The fraction of sp³-hybridized carbons (Fsp3) is 0.214. The van der Waals surface area contributed by atoms with E-state index in [4.69, 9.17) is 17.3 Å². The average molecular weight is 346 g/mol. The Morgan fingerprint density at radius 1 is 1.35 bits per heavy atom. The van der Waals surface area contributed by atoms with Gasteiger partial charge in [0.1, 0.15) is 0 Å². The maximum atomic E-state index is 13.0. The molecule has 1 aromatic heterocycles. The quantitative estimate of drug-likeness (QED) is 0.657. The third kappa shape index (κ3) is 3.21. The lowest BCUT2D eigenvalue weighted by Gasteiger charge is -2.14. The first-order valence-electron chi connectivity index (χ1n) is 6.45. The predicted molar refractivity (Wildman–Crippen MR) is 80.1 cm³/mol. The highest BCUT2D eigenvalue weighted by Crippen LogP contribution is 2.43. The summed E-state index contributed by atoms with van der Waals surface area (Å²) >= 11 is 5.55. The van der Waals surface area contributed by atoms with Crippen LogP contribution in [0.5, 0.6) is 0 Å². The molecule has 0 aliphatic heterocycles. The standard InChI is InChI=1S/C14H11ClF3N3O2/c1-2-11-13(19)7(3-4-20-11)8-5-9(14(16,17)18)10(15)6-12(8)21(22)23/h3-6H,2,19H2,1H3. The van der Waals surface area contributed by atoms with Crippen molar-refractivity contribution in [1.29, 1.82) is 0 Å². The van der Waals surface area contributed by atoms with Crippen LogP contribution in [-0.2, 0) is 12.6 Å². The van der Waals surface area contributed by atoms with Gasteiger partial charge in [-0.25, -0.2) is 0 Å². The molecule has 0 aliphatic carbocycles. The summed E-state index contributed by atoms with van der Waals surface area (Å²) in [5.41, 5.74) is 4.60. The highest BCUT2D eigenvalue weighted by atomic mass is 35.5. The lowest BCUT2D eigenvalue weighted by atomic mass is 9.98. The van der Waals surface area contributed by atoms with Crippen molar-refractivity contribution >= 4 is 23.0 Å². The lowest BCUT2D eigenvalue weighted by Crippen LogP contribution is -2.08. The van der Waals surface area contributed by atoms with Gasteiger partial charge in [-0.1, -0.05) is 18.5 Å². The number of halogens is 4. The van der Waals surface area contributed by atoms with Gasteiger partial charge in [0.15, 0.2) is 0 Å². The molecule has 2 aromatic rings. The van der Waals surface area contributed by atoms with E-state index in [0.717, 1.165) is 0 Å². The Morgan fingerprint density at radius 2 is 2.00 bits per heavy atom. The zero-order valence-corrected chi connectivity index (χ0v) is 12.6. The first-order valence-corrected chi connectivity index (χ1v) is 6.83. The molecule has 1 heterocycles. The first kappa shape index (κ1) is 17.0. The Kier molecular flexibility index (Phi) is 4.46. The molecule has 5 nitrogen and oxygen atoms in total. The molecule has 0 aliphatic rings. The minimum Gasteiger partial charge on any atom is -0.397 e. The van der Waals surface area contributed by atoms with Crippen molar-refractivity contribution in [2.24, 2.45) is 0 Å². The second kappa shape index (κ2) is 6.04. The number of alkyl halides is 3. The van der Waals surface area contributed by atoms with Crippen LogP contribution in [0.2, 0.25) is 5.02 Å². The molecular formula is C14H11ClF3N3O2. The summed E-state index contributed by atoms with van der Waals surface area (Å²) in [6.45, 7) is 1.76. The van der Waals surface area contributed by atoms with Gasteiger partial charge < -0.3 is 5.73 Å². The Labute approximate surface area is 134 Å². The summed E-state index contributed by atoms with van der Waals surface area (Å²) in [6.07, 6.45) is -2.96. The van der Waals surface area contributed by atoms with Crippen LogP contribution >= 0.6 is 11.6 Å². The number of hydrogen-bond donors (Lipinski definition) is 1. The molecule has 0 amide bonds. The Balaban J connectivity index is 2.82. The number of nitro benzene ring substituents is 1. The maximum Gasteiger partial charge on any atom is 0.417 e. The summed E-state index contributed by atoms with van der Waals surface area (Å²) in [7, 11) is 0. The normalized spacial score (nSPS) is 11.5. The van der Waals surface area contributed by atoms with Crippen molar-refractivity contribution in [2.45, 2.75) is 19.5 Å². The van der Waals surface area contributed by atoms with Crippen LogP contribution in [0.15, 0.2) is 24.4 Å². The van der Waals surface area contributed by atoms with Crippen LogP contribution in [0.4, 0.5) is 24.5 Å². The van der Waals surface area contributed by atoms with Crippen LogP contribution in [0.3, 0.4) is 0 Å². The molecule has 0 atom stereocenters. The van der Waals surface area contributed by atoms with E-state index in [1.807, 2.05) is 0 Å². The van der Waals surface area contributed by atoms with Crippen molar-refractivity contribution in [2.75, 3.05) is 5.73 Å². The number of nitro groups is 1. The fourth-order valence-electron chi connectivity index (χ4n) is 2.18. The second-order valence-corrected chi connectivity index (χ2v) is 5.08. The van der Waals surface area contributed by atoms with Crippen LogP contribution in [0.25, 0.3) is 11.1 Å². The van der Waals surface area contributed by atoms with Gasteiger partial charge in [0, 0.05) is 17.8 Å². The number of nitrogens with zero attached hydrogens (tertiary/aromatic N) is 2. The Morgan fingerprint density at radius 3 is 2.52 bits per heavy atom. The molecule has 0 saturated carbocycles. The van der Waals surface area contributed by atoms with Crippen LogP contribution < -0.4 is 5.73 Å². The molecule has 9 heteroatoms. The summed E-state index contributed by atoms with van der Waals surface area (Å²) in [4.78, 5) is 14.4.